The monoisotopic (exact) mass is 425 g/mol. The predicted octanol–water partition coefficient (Wildman–Crippen LogP) is 2.65. The molecule has 9 nitrogen and oxygen atoms in total. The molecule has 1 aromatic carbocycles. The Labute approximate surface area is 180 Å². The maximum absolute atomic E-state index is 13.4. The van der Waals surface area contributed by atoms with Gasteiger partial charge in [-0.1, -0.05) is 37.6 Å². The van der Waals surface area contributed by atoms with Crippen LogP contribution in [-0.4, -0.2) is 38.8 Å². The molecule has 0 fully saturated rings. The lowest BCUT2D eigenvalue weighted by Gasteiger charge is -2.21. The average molecular weight is 425 g/mol. The van der Waals surface area contributed by atoms with Crippen LogP contribution in [0.3, 0.4) is 0 Å². The molecule has 1 N–H and O–H groups in total. The van der Waals surface area contributed by atoms with Gasteiger partial charge in [0.25, 0.3) is 0 Å². The smallest absolute Gasteiger partial charge is 0.332 e. The van der Waals surface area contributed by atoms with Crippen molar-refractivity contribution in [3.8, 4) is 6.01 Å². The fourth-order valence-corrected chi connectivity index (χ4v) is 3.85. The molecule has 0 unspecified atom stereocenters. The summed E-state index contributed by atoms with van der Waals surface area (Å²) in [6.07, 6.45) is 2.08. The maximum Gasteiger partial charge on any atom is 0.332 e. The van der Waals surface area contributed by atoms with Crippen LogP contribution in [0.1, 0.15) is 44.7 Å². The zero-order valence-corrected chi connectivity index (χ0v) is 18.3. The van der Waals surface area contributed by atoms with Crippen molar-refractivity contribution in [1.82, 2.24) is 19.1 Å². The lowest BCUT2D eigenvalue weighted by atomic mass is 10.1. The number of nitrogens with one attached hydrogen (secondary N) is 1. The second-order valence-corrected chi connectivity index (χ2v) is 8.19. The molecule has 0 aliphatic carbocycles. The molecule has 31 heavy (non-hydrogen) atoms. The Kier molecular flexibility index (Phi) is 5.43. The molecule has 0 saturated carbocycles. The van der Waals surface area contributed by atoms with Gasteiger partial charge in [0.05, 0.1) is 26.7 Å². The Hall–Kier alpha value is -3.36. The van der Waals surface area contributed by atoms with Crippen molar-refractivity contribution in [2.24, 2.45) is 0 Å². The van der Waals surface area contributed by atoms with Crippen LogP contribution in [0.15, 0.2) is 29.1 Å². The van der Waals surface area contributed by atoms with Gasteiger partial charge in [-0.3, -0.25) is 13.9 Å². The molecule has 0 radical (unpaired) electrons. The number of carbonyl (C=O) groups excluding carboxylic acids is 1. The van der Waals surface area contributed by atoms with Gasteiger partial charge in [0.2, 0.25) is 0 Å². The highest BCUT2D eigenvalue weighted by molar-refractivity contribution is 5.87. The van der Waals surface area contributed by atoms with Gasteiger partial charge in [0, 0.05) is 0 Å². The van der Waals surface area contributed by atoms with Crippen LogP contribution in [0, 0.1) is 0 Å². The van der Waals surface area contributed by atoms with Crippen molar-refractivity contribution in [1.29, 1.82) is 0 Å². The van der Waals surface area contributed by atoms with Gasteiger partial charge in [0.15, 0.2) is 11.5 Å². The quantitative estimate of drug-likeness (QED) is 0.437. The first kappa shape index (κ1) is 20.9. The third kappa shape index (κ3) is 3.87. The summed E-state index contributed by atoms with van der Waals surface area (Å²) in [5.74, 6) is 0.288. The summed E-state index contributed by atoms with van der Waals surface area (Å²) in [7, 11) is 1.37. The molecule has 0 saturated heterocycles. The van der Waals surface area contributed by atoms with Crippen LogP contribution in [-0.2, 0) is 28.2 Å². The zero-order valence-electron chi connectivity index (χ0n) is 18.3. The number of methoxy groups -OCH3 is 1. The van der Waals surface area contributed by atoms with Crippen molar-refractivity contribution < 1.29 is 14.3 Å². The van der Waals surface area contributed by atoms with Crippen molar-refractivity contribution in [3.63, 3.8) is 0 Å². The number of unbranched alkanes of at least 4 members (excludes halogenated alkanes) is 1. The SMILES string of the molecule is CCCCOc1nc2c3c(n1)n(Cc1cccc(CC(=O)OC)c1)c(=O)n3C(C)(C)N2. The van der Waals surface area contributed by atoms with E-state index >= 15 is 0 Å². The first-order chi connectivity index (χ1) is 14.8. The Morgan fingerprint density at radius 2 is 2.00 bits per heavy atom. The molecular weight excluding hydrogens is 398 g/mol. The van der Waals surface area contributed by atoms with Crippen molar-refractivity contribution in [2.45, 2.75) is 52.2 Å². The van der Waals surface area contributed by atoms with Crippen LogP contribution in [0.2, 0.25) is 0 Å². The second-order valence-electron chi connectivity index (χ2n) is 8.19. The fourth-order valence-electron chi connectivity index (χ4n) is 3.85. The van der Waals surface area contributed by atoms with Crippen LogP contribution < -0.4 is 15.7 Å². The van der Waals surface area contributed by atoms with E-state index in [1.807, 2.05) is 38.1 Å². The first-order valence-corrected chi connectivity index (χ1v) is 10.4. The Morgan fingerprint density at radius 3 is 2.74 bits per heavy atom. The molecule has 3 aromatic rings. The minimum Gasteiger partial charge on any atom is -0.469 e. The number of anilines is 1. The molecule has 0 atom stereocenters. The highest BCUT2D eigenvalue weighted by atomic mass is 16.5. The van der Waals surface area contributed by atoms with Crippen molar-refractivity contribution in [2.75, 3.05) is 19.0 Å². The minimum atomic E-state index is -0.633. The summed E-state index contributed by atoms with van der Waals surface area (Å²) in [5, 5.41) is 3.29. The van der Waals surface area contributed by atoms with E-state index in [0.29, 0.717) is 30.1 Å². The largest absolute Gasteiger partial charge is 0.469 e. The Morgan fingerprint density at radius 1 is 1.23 bits per heavy atom. The van der Waals surface area contributed by atoms with E-state index in [2.05, 4.69) is 22.2 Å². The molecular formula is C22H27N5O4. The molecule has 4 rings (SSSR count). The molecule has 0 bridgehead atoms. The zero-order chi connectivity index (χ0) is 22.2. The van der Waals surface area contributed by atoms with E-state index < -0.39 is 5.66 Å². The van der Waals surface area contributed by atoms with Crippen LogP contribution >= 0.6 is 0 Å². The number of esters is 1. The molecule has 9 heteroatoms. The Bertz CT molecular complexity index is 1190. The topological polar surface area (TPSA) is 100 Å². The second kappa shape index (κ2) is 8.05. The van der Waals surface area contributed by atoms with Crippen LogP contribution in [0.5, 0.6) is 6.01 Å². The number of rotatable bonds is 8. The number of hydrogen-bond acceptors (Lipinski definition) is 7. The fraction of sp³-hybridized carbons (Fsp3) is 0.455. The third-order valence-corrected chi connectivity index (χ3v) is 5.37. The van der Waals surface area contributed by atoms with E-state index in [4.69, 9.17) is 9.47 Å². The van der Waals surface area contributed by atoms with E-state index in [-0.39, 0.29) is 24.1 Å². The van der Waals surface area contributed by atoms with Crippen LogP contribution in [0.4, 0.5) is 5.82 Å². The van der Waals surface area contributed by atoms with Gasteiger partial charge in [-0.25, -0.2) is 4.79 Å². The molecule has 3 heterocycles. The average Bonchev–Trinajstić information content (AvgIpc) is 3.17. The summed E-state index contributed by atoms with van der Waals surface area (Å²) in [4.78, 5) is 34.0. The number of hydrogen-bond donors (Lipinski definition) is 1. The molecule has 164 valence electrons. The number of carbonyl (C=O) groups is 1. The van der Waals surface area contributed by atoms with Gasteiger partial charge in [-0.2, -0.15) is 9.97 Å². The van der Waals surface area contributed by atoms with E-state index in [1.54, 1.807) is 9.13 Å². The van der Waals surface area contributed by atoms with Crippen molar-refractivity contribution in [3.05, 3.63) is 45.9 Å². The normalized spacial score (nSPS) is 13.9. The van der Waals surface area contributed by atoms with Crippen LogP contribution in [0.25, 0.3) is 11.2 Å². The lowest BCUT2D eigenvalue weighted by molar-refractivity contribution is -0.139. The molecule has 0 amide bonds. The minimum absolute atomic E-state index is 0.176. The van der Waals surface area contributed by atoms with Gasteiger partial charge in [-0.05, 0) is 31.4 Å². The molecule has 2 aromatic heterocycles. The number of aromatic nitrogens is 4. The van der Waals surface area contributed by atoms with E-state index in [9.17, 15) is 9.59 Å². The molecule has 0 spiro atoms. The summed E-state index contributed by atoms with van der Waals surface area (Å²) in [6, 6.07) is 7.82. The van der Waals surface area contributed by atoms with Crippen molar-refractivity contribution >= 4 is 23.0 Å². The lowest BCUT2D eigenvalue weighted by Crippen LogP contribution is -2.39. The highest BCUT2D eigenvalue weighted by Crippen LogP contribution is 2.35. The summed E-state index contributed by atoms with van der Waals surface area (Å²) >= 11 is 0. The third-order valence-electron chi connectivity index (χ3n) is 5.37. The van der Waals surface area contributed by atoms with E-state index in [1.165, 1.54) is 7.11 Å². The first-order valence-electron chi connectivity index (χ1n) is 10.4. The summed E-state index contributed by atoms with van der Waals surface area (Å²) < 4.78 is 13.8. The molecule has 1 aliphatic heterocycles. The van der Waals surface area contributed by atoms with E-state index in [0.717, 1.165) is 24.0 Å². The van der Waals surface area contributed by atoms with Gasteiger partial charge >= 0.3 is 17.7 Å². The Balaban J connectivity index is 1.76. The maximum atomic E-state index is 13.4. The predicted molar refractivity (Wildman–Crippen MR) is 116 cm³/mol. The summed E-state index contributed by atoms with van der Waals surface area (Å²) in [6.45, 7) is 6.77. The number of ether oxygens (including phenoxy) is 2. The molecule has 1 aliphatic rings. The highest BCUT2D eigenvalue weighted by Gasteiger charge is 2.37. The number of benzene rings is 1. The van der Waals surface area contributed by atoms with Gasteiger partial charge < -0.3 is 14.8 Å². The standard InChI is InChI=1S/C22H27N5O4/c1-5-6-10-31-20-23-18-17-19(24-20)26(21(29)27(17)22(2,3)25-18)13-15-9-7-8-14(11-15)12-16(28)30-4/h7-9,11H,5-6,10,12-13H2,1-4H3,(H,23,24,25). The number of nitrogens with zero attached hydrogens (tertiary/aromatic N) is 4. The number of imidazole rings is 1. The van der Waals surface area contributed by atoms with Gasteiger partial charge in [0.1, 0.15) is 11.2 Å². The van der Waals surface area contributed by atoms with Gasteiger partial charge in [-0.15, -0.1) is 0 Å². The summed E-state index contributed by atoms with van der Waals surface area (Å²) in [5.41, 5.74) is 2.11.